The third-order valence-electron chi connectivity index (χ3n) is 3.50. The molecule has 4 heterocycles. The number of hydrogen-bond donors (Lipinski definition) is 1. The molecule has 4 aromatic rings. The van der Waals surface area contributed by atoms with Crippen LogP contribution in [0.25, 0.3) is 33.9 Å². The predicted molar refractivity (Wildman–Crippen MR) is 88.1 cm³/mol. The number of aryl methyl sites for hydroxylation is 2. The molecule has 0 aliphatic heterocycles. The molecule has 0 saturated heterocycles. The van der Waals surface area contributed by atoms with Crippen molar-refractivity contribution in [2.24, 2.45) is 0 Å². The number of rotatable bonds is 4. The van der Waals surface area contributed by atoms with Gasteiger partial charge in [-0.3, -0.25) is 10.1 Å². The Balaban J connectivity index is 1.70. The van der Waals surface area contributed by atoms with E-state index in [1.165, 1.54) is 23.2 Å². The van der Waals surface area contributed by atoms with Crippen LogP contribution < -0.4 is 0 Å². The number of thiazole rings is 1. The van der Waals surface area contributed by atoms with Gasteiger partial charge in [-0.25, -0.2) is 9.97 Å². The number of pyridine rings is 1. The molecule has 0 radical (unpaired) electrons. The molecule has 0 aliphatic carbocycles. The standard InChI is InChI=1S/C15H13N7OS/c1-3-9-4-5-16-10(6-9)12-20-14(23-22-12)11-8(2)24-15(19-11)13-17-7-18-21-13/h4-7H,3H2,1-2H3,(H,17,18,21). The number of hydrogen-bond acceptors (Lipinski definition) is 8. The number of aromatic amines is 1. The lowest BCUT2D eigenvalue weighted by atomic mass is 10.2. The first-order valence-electron chi connectivity index (χ1n) is 7.37. The smallest absolute Gasteiger partial charge is 0.278 e. The zero-order chi connectivity index (χ0) is 16.5. The van der Waals surface area contributed by atoms with E-state index in [1.54, 1.807) is 6.20 Å². The summed E-state index contributed by atoms with van der Waals surface area (Å²) in [6.45, 7) is 4.04. The molecular formula is C15H13N7OS. The number of nitrogens with zero attached hydrogens (tertiary/aromatic N) is 6. The highest BCUT2D eigenvalue weighted by atomic mass is 32.1. The minimum absolute atomic E-state index is 0.369. The van der Waals surface area contributed by atoms with Crippen molar-refractivity contribution in [3.8, 4) is 33.9 Å². The van der Waals surface area contributed by atoms with Crippen molar-refractivity contribution in [2.45, 2.75) is 20.3 Å². The summed E-state index contributed by atoms with van der Waals surface area (Å²) in [5.74, 6) is 1.44. The van der Waals surface area contributed by atoms with Gasteiger partial charge in [0.25, 0.3) is 5.89 Å². The quantitative estimate of drug-likeness (QED) is 0.609. The normalized spacial score (nSPS) is 11.1. The second kappa shape index (κ2) is 5.93. The molecule has 120 valence electrons. The Bertz CT molecular complexity index is 974. The fraction of sp³-hybridized carbons (Fsp3) is 0.200. The van der Waals surface area contributed by atoms with E-state index in [4.69, 9.17) is 4.52 Å². The monoisotopic (exact) mass is 339 g/mol. The van der Waals surface area contributed by atoms with Crippen LogP contribution in [-0.2, 0) is 6.42 Å². The Morgan fingerprint density at radius 1 is 1.25 bits per heavy atom. The van der Waals surface area contributed by atoms with E-state index in [-0.39, 0.29) is 0 Å². The van der Waals surface area contributed by atoms with Crippen LogP contribution in [0.1, 0.15) is 17.4 Å². The zero-order valence-corrected chi connectivity index (χ0v) is 13.8. The summed E-state index contributed by atoms with van der Waals surface area (Å²) in [7, 11) is 0. The molecule has 0 atom stereocenters. The van der Waals surface area contributed by atoms with E-state index in [1.807, 2.05) is 19.1 Å². The average Bonchev–Trinajstić information content (AvgIpc) is 3.34. The number of H-pyrrole nitrogens is 1. The summed E-state index contributed by atoms with van der Waals surface area (Å²) in [5.41, 5.74) is 2.51. The maximum absolute atomic E-state index is 5.39. The largest absolute Gasteiger partial charge is 0.332 e. The van der Waals surface area contributed by atoms with Crippen molar-refractivity contribution in [1.29, 1.82) is 0 Å². The Labute approximate surface area is 141 Å². The fourth-order valence-electron chi connectivity index (χ4n) is 2.24. The van der Waals surface area contributed by atoms with Crippen molar-refractivity contribution in [1.82, 2.24) is 35.3 Å². The molecular weight excluding hydrogens is 326 g/mol. The molecule has 4 rings (SSSR count). The van der Waals surface area contributed by atoms with Gasteiger partial charge in [0.1, 0.15) is 17.7 Å². The second-order valence-corrected chi connectivity index (χ2v) is 6.29. The van der Waals surface area contributed by atoms with E-state index in [9.17, 15) is 0 Å². The SMILES string of the molecule is CCc1ccnc(-c2noc(-c3nc(-c4ncn[nH]4)sc3C)n2)c1. The lowest BCUT2D eigenvalue weighted by Gasteiger charge is -1.97. The summed E-state index contributed by atoms with van der Waals surface area (Å²) >= 11 is 1.49. The van der Waals surface area contributed by atoms with E-state index >= 15 is 0 Å². The lowest BCUT2D eigenvalue weighted by Crippen LogP contribution is -1.89. The highest BCUT2D eigenvalue weighted by molar-refractivity contribution is 7.15. The molecule has 0 aliphatic rings. The van der Waals surface area contributed by atoms with Crippen LogP contribution >= 0.6 is 11.3 Å². The molecule has 0 saturated carbocycles. The molecule has 0 bridgehead atoms. The van der Waals surface area contributed by atoms with Crippen molar-refractivity contribution in [2.75, 3.05) is 0 Å². The summed E-state index contributed by atoms with van der Waals surface area (Å²) < 4.78 is 5.39. The van der Waals surface area contributed by atoms with E-state index in [0.29, 0.717) is 28.9 Å². The van der Waals surface area contributed by atoms with Crippen LogP contribution in [0.3, 0.4) is 0 Å². The van der Waals surface area contributed by atoms with Gasteiger partial charge in [0.2, 0.25) is 5.82 Å². The molecule has 0 spiro atoms. The van der Waals surface area contributed by atoms with E-state index in [0.717, 1.165) is 16.3 Å². The van der Waals surface area contributed by atoms with Gasteiger partial charge in [-0.15, -0.1) is 11.3 Å². The average molecular weight is 339 g/mol. The predicted octanol–water partition coefficient (Wildman–Crippen LogP) is 2.91. The third kappa shape index (κ3) is 2.58. The maximum Gasteiger partial charge on any atom is 0.278 e. The van der Waals surface area contributed by atoms with Crippen molar-refractivity contribution >= 4 is 11.3 Å². The maximum atomic E-state index is 5.39. The van der Waals surface area contributed by atoms with Gasteiger partial charge < -0.3 is 4.52 Å². The topological polar surface area (TPSA) is 106 Å². The van der Waals surface area contributed by atoms with Gasteiger partial charge in [0, 0.05) is 11.1 Å². The summed E-state index contributed by atoms with van der Waals surface area (Å²) in [5, 5.41) is 11.4. The molecule has 4 aromatic heterocycles. The zero-order valence-electron chi connectivity index (χ0n) is 13.0. The summed E-state index contributed by atoms with van der Waals surface area (Å²) in [6, 6.07) is 3.93. The van der Waals surface area contributed by atoms with E-state index < -0.39 is 0 Å². The Hall–Kier alpha value is -2.94. The molecule has 0 fully saturated rings. The van der Waals surface area contributed by atoms with Crippen LogP contribution in [0.2, 0.25) is 0 Å². The molecule has 0 amide bonds. The second-order valence-electron chi connectivity index (χ2n) is 5.08. The minimum Gasteiger partial charge on any atom is -0.332 e. The highest BCUT2D eigenvalue weighted by Crippen LogP contribution is 2.31. The van der Waals surface area contributed by atoms with Gasteiger partial charge >= 0.3 is 0 Å². The molecule has 8 nitrogen and oxygen atoms in total. The van der Waals surface area contributed by atoms with Gasteiger partial charge in [-0.2, -0.15) is 10.1 Å². The van der Waals surface area contributed by atoms with Crippen LogP contribution in [0.4, 0.5) is 0 Å². The number of nitrogens with one attached hydrogen (secondary N) is 1. The molecule has 1 N–H and O–H groups in total. The van der Waals surface area contributed by atoms with Crippen LogP contribution in [0.15, 0.2) is 29.2 Å². The number of aromatic nitrogens is 7. The lowest BCUT2D eigenvalue weighted by molar-refractivity contribution is 0.431. The van der Waals surface area contributed by atoms with Gasteiger partial charge in [-0.05, 0) is 31.0 Å². The van der Waals surface area contributed by atoms with Crippen molar-refractivity contribution in [3.05, 3.63) is 35.1 Å². The van der Waals surface area contributed by atoms with Gasteiger partial charge in [0.15, 0.2) is 10.8 Å². The molecule has 24 heavy (non-hydrogen) atoms. The van der Waals surface area contributed by atoms with Crippen molar-refractivity contribution < 1.29 is 4.52 Å². The van der Waals surface area contributed by atoms with Gasteiger partial charge in [-0.1, -0.05) is 12.1 Å². The van der Waals surface area contributed by atoms with Crippen LogP contribution in [0.5, 0.6) is 0 Å². The highest BCUT2D eigenvalue weighted by Gasteiger charge is 2.19. The first kappa shape index (κ1) is 14.6. The summed E-state index contributed by atoms with van der Waals surface area (Å²) in [6.07, 6.45) is 4.12. The van der Waals surface area contributed by atoms with Crippen LogP contribution in [0, 0.1) is 6.92 Å². The molecule has 0 aromatic carbocycles. The van der Waals surface area contributed by atoms with Crippen molar-refractivity contribution in [3.63, 3.8) is 0 Å². The van der Waals surface area contributed by atoms with E-state index in [2.05, 4.69) is 42.2 Å². The first-order chi connectivity index (χ1) is 11.7. The van der Waals surface area contributed by atoms with Gasteiger partial charge in [0.05, 0.1) is 0 Å². The third-order valence-corrected chi connectivity index (χ3v) is 4.48. The van der Waals surface area contributed by atoms with Crippen LogP contribution in [-0.4, -0.2) is 35.3 Å². The molecule has 9 heteroatoms. The first-order valence-corrected chi connectivity index (χ1v) is 8.18. The molecule has 0 unspecified atom stereocenters. The Kier molecular flexibility index (Phi) is 3.62. The minimum atomic E-state index is 0.369. The Morgan fingerprint density at radius 3 is 2.96 bits per heavy atom. The Morgan fingerprint density at radius 2 is 2.17 bits per heavy atom. The summed E-state index contributed by atoms with van der Waals surface area (Å²) in [4.78, 5) is 18.4. The fourth-order valence-corrected chi connectivity index (χ4v) is 3.10.